The highest BCUT2D eigenvalue weighted by atomic mass is 35.5. The fourth-order valence-corrected chi connectivity index (χ4v) is 4.20. The summed E-state index contributed by atoms with van der Waals surface area (Å²) in [6.45, 7) is 0.478. The fraction of sp³-hybridized carbons (Fsp3) is 0.316. The zero-order valence-electron chi connectivity index (χ0n) is 14.9. The van der Waals surface area contributed by atoms with Gasteiger partial charge in [-0.25, -0.2) is 8.42 Å². The Hall–Kier alpha value is -1.54. The highest BCUT2D eigenvalue weighted by Crippen LogP contribution is 2.32. The minimum absolute atomic E-state index is 0. The van der Waals surface area contributed by atoms with Crippen molar-refractivity contribution in [3.8, 4) is 0 Å². The van der Waals surface area contributed by atoms with Crippen LogP contribution in [0.15, 0.2) is 63.2 Å². The molecule has 1 amide bonds. The number of amides is 1. The van der Waals surface area contributed by atoms with E-state index in [9.17, 15) is 13.2 Å². The molecule has 0 saturated heterocycles. The van der Waals surface area contributed by atoms with Crippen molar-refractivity contribution < 1.29 is 13.2 Å². The number of hydrogen-bond donors (Lipinski definition) is 2. The van der Waals surface area contributed by atoms with Gasteiger partial charge in [0, 0.05) is 28.6 Å². The molecule has 2 aromatic rings. The second-order valence-electron chi connectivity index (χ2n) is 6.55. The Balaban J connectivity index is 0.00000261. The quantitative estimate of drug-likeness (QED) is 0.709. The van der Waals surface area contributed by atoms with E-state index in [0.717, 1.165) is 22.6 Å². The first-order chi connectivity index (χ1) is 12.3. The molecule has 1 unspecified atom stereocenters. The van der Waals surface area contributed by atoms with E-state index in [1.807, 2.05) is 18.2 Å². The van der Waals surface area contributed by atoms with Crippen molar-refractivity contribution in [2.24, 2.45) is 11.7 Å². The molecule has 5 nitrogen and oxygen atoms in total. The predicted octanol–water partition coefficient (Wildman–Crippen LogP) is 3.13. The number of halogens is 1. The van der Waals surface area contributed by atoms with E-state index < -0.39 is 9.84 Å². The summed E-state index contributed by atoms with van der Waals surface area (Å²) in [5.41, 5.74) is 6.64. The van der Waals surface area contributed by atoms with Crippen LogP contribution in [0.1, 0.15) is 23.2 Å². The van der Waals surface area contributed by atoms with E-state index in [4.69, 9.17) is 5.73 Å². The summed E-state index contributed by atoms with van der Waals surface area (Å²) >= 11 is 1.43. The maximum Gasteiger partial charge on any atom is 0.252 e. The molecule has 8 heteroatoms. The van der Waals surface area contributed by atoms with Crippen LogP contribution >= 0.6 is 24.2 Å². The van der Waals surface area contributed by atoms with E-state index in [0.29, 0.717) is 18.0 Å². The summed E-state index contributed by atoms with van der Waals surface area (Å²) in [6.07, 6.45) is 3.47. The summed E-state index contributed by atoms with van der Waals surface area (Å²) in [7, 11) is -3.22. The molecule has 146 valence electrons. The van der Waals surface area contributed by atoms with E-state index >= 15 is 0 Å². The third-order valence-corrected chi connectivity index (χ3v) is 6.55. The Morgan fingerprint density at radius 2 is 1.81 bits per heavy atom. The van der Waals surface area contributed by atoms with Crippen molar-refractivity contribution in [2.75, 3.05) is 12.8 Å². The topological polar surface area (TPSA) is 89.3 Å². The van der Waals surface area contributed by atoms with Gasteiger partial charge in [0.15, 0.2) is 9.84 Å². The summed E-state index contributed by atoms with van der Waals surface area (Å²) in [6, 6.07) is 14.0. The Labute approximate surface area is 170 Å². The van der Waals surface area contributed by atoms with Crippen molar-refractivity contribution in [3.63, 3.8) is 0 Å². The average molecular weight is 427 g/mol. The van der Waals surface area contributed by atoms with Crippen LogP contribution in [0.2, 0.25) is 0 Å². The smallest absolute Gasteiger partial charge is 0.252 e. The van der Waals surface area contributed by atoms with Crippen molar-refractivity contribution in [3.05, 3.63) is 54.1 Å². The lowest BCUT2D eigenvalue weighted by Gasteiger charge is -2.13. The second kappa shape index (κ2) is 9.10. The highest BCUT2D eigenvalue weighted by molar-refractivity contribution is 7.99. The highest BCUT2D eigenvalue weighted by Gasteiger charge is 2.28. The number of nitrogens with two attached hydrogens (primary N) is 1. The maximum atomic E-state index is 12.5. The van der Waals surface area contributed by atoms with E-state index in [2.05, 4.69) is 5.32 Å². The van der Waals surface area contributed by atoms with Crippen LogP contribution in [0.4, 0.5) is 0 Å². The average Bonchev–Trinajstić information content (AvgIpc) is 3.45. The third-order valence-electron chi connectivity index (χ3n) is 4.34. The zero-order valence-corrected chi connectivity index (χ0v) is 17.4. The summed E-state index contributed by atoms with van der Waals surface area (Å²) in [5, 5.41) is 2.92. The number of carbonyl (C=O) groups is 1. The SMILES string of the molecule is CS(=O)(=O)c1ccc(Sc2ccccc2C(=O)NCC(N)C2CC2)cc1.Cl. The molecule has 1 atom stereocenters. The van der Waals surface area contributed by atoms with Gasteiger partial charge in [0.2, 0.25) is 0 Å². The molecule has 27 heavy (non-hydrogen) atoms. The monoisotopic (exact) mass is 426 g/mol. The molecule has 0 heterocycles. The first kappa shape index (κ1) is 21.8. The molecule has 3 rings (SSSR count). The van der Waals surface area contributed by atoms with Crippen LogP contribution in [-0.4, -0.2) is 33.2 Å². The summed E-state index contributed by atoms with van der Waals surface area (Å²) < 4.78 is 23.1. The number of rotatable bonds is 7. The van der Waals surface area contributed by atoms with E-state index in [-0.39, 0.29) is 29.3 Å². The van der Waals surface area contributed by atoms with Gasteiger partial charge in [-0.3, -0.25) is 4.79 Å². The van der Waals surface area contributed by atoms with Crippen LogP contribution in [0.5, 0.6) is 0 Å². The van der Waals surface area contributed by atoms with Gasteiger partial charge in [0.05, 0.1) is 10.5 Å². The van der Waals surface area contributed by atoms with Gasteiger partial charge in [0.1, 0.15) is 0 Å². The van der Waals surface area contributed by atoms with Gasteiger partial charge in [-0.2, -0.15) is 0 Å². The van der Waals surface area contributed by atoms with Gasteiger partial charge in [-0.05, 0) is 55.2 Å². The summed E-state index contributed by atoms with van der Waals surface area (Å²) in [5.74, 6) is 0.394. The molecule has 0 bridgehead atoms. The van der Waals surface area contributed by atoms with Gasteiger partial charge >= 0.3 is 0 Å². The standard InChI is InChI=1S/C19H22N2O3S2.ClH/c1-26(23,24)15-10-8-14(9-11-15)25-18-5-3-2-4-16(18)19(22)21-12-17(20)13-6-7-13;/h2-5,8-11,13,17H,6-7,12,20H2,1H3,(H,21,22);1H. The lowest BCUT2D eigenvalue weighted by Crippen LogP contribution is -2.38. The van der Waals surface area contributed by atoms with Crippen molar-refractivity contribution >= 4 is 39.9 Å². The molecule has 0 aromatic heterocycles. The zero-order chi connectivity index (χ0) is 18.7. The van der Waals surface area contributed by atoms with E-state index in [1.165, 1.54) is 18.0 Å². The Bertz CT molecular complexity index is 897. The van der Waals surface area contributed by atoms with Gasteiger partial charge in [-0.15, -0.1) is 12.4 Å². The van der Waals surface area contributed by atoms with Crippen LogP contribution in [0.25, 0.3) is 0 Å². The van der Waals surface area contributed by atoms with Gasteiger partial charge in [-0.1, -0.05) is 23.9 Å². The van der Waals surface area contributed by atoms with Crippen molar-refractivity contribution in [1.29, 1.82) is 0 Å². The molecule has 1 fully saturated rings. The first-order valence-corrected chi connectivity index (χ1v) is 11.2. The Morgan fingerprint density at radius 1 is 1.19 bits per heavy atom. The second-order valence-corrected chi connectivity index (χ2v) is 9.68. The minimum Gasteiger partial charge on any atom is -0.350 e. The van der Waals surface area contributed by atoms with Crippen LogP contribution < -0.4 is 11.1 Å². The molecule has 0 radical (unpaired) electrons. The van der Waals surface area contributed by atoms with Crippen molar-refractivity contribution in [2.45, 2.75) is 33.6 Å². The third kappa shape index (κ3) is 5.97. The van der Waals surface area contributed by atoms with E-state index in [1.54, 1.807) is 30.3 Å². The van der Waals surface area contributed by atoms with Crippen LogP contribution in [0.3, 0.4) is 0 Å². The molecule has 2 aromatic carbocycles. The normalized spacial score (nSPS) is 14.9. The number of carbonyl (C=O) groups excluding carboxylic acids is 1. The summed E-state index contributed by atoms with van der Waals surface area (Å²) in [4.78, 5) is 14.5. The van der Waals surface area contributed by atoms with Crippen molar-refractivity contribution in [1.82, 2.24) is 5.32 Å². The number of nitrogens with one attached hydrogen (secondary N) is 1. The number of sulfone groups is 1. The molecule has 3 N–H and O–H groups in total. The molecule has 1 aliphatic carbocycles. The predicted molar refractivity (Wildman–Crippen MR) is 110 cm³/mol. The molecule has 1 saturated carbocycles. The first-order valence-electron chi connectivity index (χ1n) is 8.45. The molecule has 1 aliphatic rings. The van der Waals surface area contributed by atoms with Crippen LogP contribution in [0, 0.1) is 5.92 Å². The fourth-order valence-electron chi connectivity index (χ4n) is 2.62. The Morgan fingerprint density at radius 3 is 2.41 bits per heavy atom. The number of hydrogen-bond acceptors (Lipinski definition) is 5. The Kier molecular flexibility index (Phi) is 7.33. The lowest BCUT2D eigenvalue weighted by molar-refractivity contribution is 0.0947. The number of benzene rings is 2. The molecule has 0 spiro atoms. The minimum atomic E-state index is -3.22. The largest absolute Gasteiger partial charge is 0.350 e. The molecule has 0 aliphatic heterocycles. The molecular formula is C19H23ClN2O3S2. The molecular weight excluding hydrogens is 404 g/mol. The maximum absolute atomic E-state index is 12.5. The van der Waals surface area contributed by atoms with Gasteiger partial charge < -0.3 is 11.1 Å². The van der Waals surface area contributed by atoms with Crippen LogP contribution in [-0.2, 0) is 9.84 Å². The lowest BCUT2D eigenvalue weighted by atomic mass is 10.2. The van der Waals surface area contributed by atoms with Gasteiger partial charge in [0.25, 0.3) is 5.91 Å².